The van der Waals surface area contributed by atoms with E-state index in [1.165, 1.54) is 4.90 Å². The van der Waals surface area contributed by atoms with Crippen molar-refractivity contribution in [2.45, 2.75) is 82.8 Å². The standard InChI is InChI=1S/C26H33N5O4/c1-25(2,3)13-20(29-22(33)21(32)28-16-8-4-5-9-16)23(34)31-15-26(12-17(31)14-27)18-10-6-7-11-19(18)30-24(26)35/h6-7,10-11,16-17,20H,4-5,8-9,12-13,15H2,1-3H3,(H,28,32)(H,29,33)(H,30,35)/t17-,20-,26-/m0/s1. The van der Waals surface area contributed by atoms with Crippen LogP contribution in [0.1, 0.15) is 64.9 Å². The number of para-hydroxylation sites is 1. The average molecular weight is 480 g/mol. The van der Waals surface area contributed by atoms with Gasteiger partial charge in [0, 0.05) is 24.7 Å². The Balaban J connectivity index is 1.55. The predicted octanol–water partition coefficient (Wildman–Crippen LogP) is 1.98. The summed E-state index contributed by atoms with van der Waals surface area (Å²) in [7, 11) is 0. The number of nitrogens with zero attached hydrogens (tertiary/aromatic N) is 2. The highest BCUT2D eigenvalue weighted by molar-refractivity contribution is 6.35. The van der Waals surface area contributed by atoms with E-state index in [1.807, 2.05) is 39.0 Å². The summed E-state index contributed by atoms with van der Waals surface area (Å²) >= 11 is 0. The van der Waals surface area contributed by atoms with E-state index < -0.39 is 35.2 Å². The molecule has 0 radical (unpaired) electrons. The zero-order valence-electron chi connectivity index (χ0n) is 20.5. The Bertz CT molecular complexity index is 1080. The van der Waals surface area contributed by atoms with E-state index in [2.05, 4.69) is 22.0 Å². The zero-order chi connectivity index (χ0) is 25.4. The van der Waals surface area contributed by atoms with Crippen LogP contribution in [0.4, 0.5) is 5.69 Å². The first kappa shape index (κ1) is 24.7. The lowest BCUT2D eigenvalue weighted by Crippen LogP contribution is -2.55. The van der Waals surface area contributed by atoms with Gasteiger partial charge in [0.2, 0.25) is 11.8 Å². The zero-order valence-corrected chi connectivity index (χ0v) is 20.5. The molecule has 0 aromatic heterocycles. The molecule has 1 saturated carbocycles. The molecule has 1 saturated heterocycles. The van der Waals surface area contributed by atoms with Gasteiger partial charge in [-0.2, -0.15) is 5.26 Å². The molecule has 2 aliphatic heterocycles. The number of benzene rings is 1. The molecule has 3 atom stereocenters. The second-order valence-corrected chi connectivity index (χ2v) is 11.1. The van der Waals surface area contributed by atoms with Crippen molar-refractivity contribution in [3.05, 3.63) is 29.8 Å². The topological polar surface area (TPSA) is 131 Å². The quantitative estimate of drug-likeness (QED) is 0.568. The van der Waals surface area contributed by atoms with Gasteiger partial charge in [-0.1, -0.05) is 51.8 Å². The van der Waals surface area contributed by atoms with Gasteiger partial charge in [0.25, 0.3) is 0 Å². The summed E-state index contributed by atoms with van der Waals surface area (Å²) in [6.45, 7) is 5.85. The summed E-state index contributed by atoms with van der Waals surface area (Å²) in [6.07, 6.45) is 4.16. The summed E-state index contributed by atoms with van der Waals surface area (Å²) < 4.78 is 0. The smallest absolute Gasteiger partial charge is 0.309 e. The number of rotatable bonds is 4. The molecule has 3 N–H and O–H groups in total. The third-order valence-corrected chi connectivity index (χ3v) is 7.23. The Kier molecular flexibility index (Phi) is 6.58. The monoisotopic (exact) mass is 479 g/mol. The maximum absolute atomic E-state index is 13.8. The van der Waals surface area contributed by atoms with E-state index in [0.717, 1.165) is 31.2 Å². The number of carbonyl (C=O) groups is 4. The second-order valence-electron chi connectivity index (χ2n) is 11.1. The Labute approximate surface area is 205 Å². The summed E-state index contributed by atoms with van der Waals surface area (Å²) in [6, 6.07) is 7.63. The Hall–Kier alpha value is -3.41. The first-order valence-corrected chi connectivity index (χ1v) is 12.3. The lowest BCUT2D eigenvalue weighted by Gasteiger charge is -2.31. The molecule has 3 aliphatic rings. The van der Waals surface area contributed by atoms with Crippen molar-refractivity contribution in [3.63, 3.8) is 0 Å². The van der Waals surface area contributed by atoms with Crippen LogP contribution in [0.3, 0.4) is 0 Å². The molecular weight excluding hydrogens is 446 g/mol. The first-order valence-electron chi connectivity index (χ1n) is 12.3. The minimum atomic E-state index is -1.01. The number of hydrogen-bond acceptors (Lipinski definition) is 5. The van der Waals surface area contributed by atoms with Gasteiger partial charge < -0.3 is 20.9 Å². The molecule has 4 amide bonds. The first-order chi connectivity index (χ1) is 16.5. The molecule has 35 heavy (non-hydrogen) atoms. The van der Waals surface area contributed by atoms with E-state index in [9.17, 15) is 24.4 Å². The van der Waals surface area contributed by atoms with Crippen LogP contribution >= 0.6 is 0 Å². The van der Waals surface area contributed by atoms with E-state index in [4.69, 9.17) is 0 Å². The molecule has 1 aromatic rings. The summed E-state index contributed by atoms with van der Waals surface area (Å²) in [5.41, 5.74) is 0.106. The second kappa shape index (κ2) is 9.33. The van der Waals surface area contributed by atoms with Crippen LogP contribution in [0.5, 0.6) is 0 Å². The van der Waals surface area contributed by atoms with Crippen molar-refractivity contribution in [1.29, 1.82) is 5.26 Å². The lowest BCUT2D eigenvalue weighted by molar-refractivity contribution is -0.143. The molecule has 1 aliphatic carbocycles. The fourth-order valence-electron chi connectivity index (χ4n) is 5.54. The lowest BCUT2D eigenvalue weighted by atomic mass is 9.80. The van der Waals surface area contributed by atoms with Crippen molar-refractivity contribution in [2.75, 3.05) is 11.9 Å². The van der Waals surface area contributed by atoms with Crippen LogP contribution in [0.25, 0.3) is 0 Å². The molecule has 9 nitrogen and oxygen atoms in total. The fraction of sp³-hybridized carbons (Fsp3) is 0.577. The van der Waals surface area contributed by atoms with E-state index in [-0.39, 0.29) is 36.8 Å². The van der Waals surface area contributed by atoms with Crippen molar-refractivity contribution in [1.82, 2.24) is 15.5 Å². The molecule has 0 unspecified atom stereocenters. The number of amides is 4. The normalized spacial score (nSPS) is 24.6. The van der Waals surface area contributed by atoms with Crippen LogP contribution in [-0.4, -0.2) is 53.2 Å². The Morgan fingerprint density at radius 3 is 2.54 bits per heavy atom. The van der Waals surface area contributed by atoms with E-state index in [1.54, 1.807) is 6.07 Å². The van der Waals surface area contributed by atoms with Crippen molar-refractivity contribution < 1.29 is 19.2 Å². The Morgan fingerprint density at radius 1 is 1.20 bits per heavy atom. The van der Waals surface area contributed by atoms with Gasteiger partial charge in [-0.05, 0) is 36.3 Å². The number of carbonyl (C=O) groups excluding carboxylic acids is 4. The number of likely N-dealkylation sites (tertiary alicyclic amines) is 1. The van der Waals surface area contributed by atoms with Gasteiger partial charge in [0.05, 0.1) is 11.5 Å². The number of nitrogens with one attached hydrogen (secondary N) is 3. The molecule has 4 rings (SSSR count). The third-order valence-electron chi connectivity index (χ3n) is 7.23. The molecule has 2 fully saturated rings. The van der Waals surface area contributed by atoms with E-state index >= 15 is 0 Å². The summed E-state index contributed by atoms with van der Waals surface area (Å²) in [4.78, 5) is 53.4. The van der Waals surface area contributed by atoms with Gasteiger partial charge >= 0.3 is 11.8 Å². The molecule has 2 heterocycles. The third kappa shape index (κ3) is 4.88. The molecular formula is C26H33N5O4. The van der Waals surface area contributed by atoms with Gasteiger partial charge in [-0.3, -0.25) is 19.2 Å². The van der Waals surface area contributed by atoms with Gasteiger partial charge in [0.15, 0.2) is 0 Å². The SMILES string of the molecule is CC(C)(C)C[C@H](NC(=O)C(=O)NC1CCCC1)C(=O)N1C[C@]2(C[C@H]1C#N)C(=O)Nc1ccccc12. The maximum atomic E-state index is 13.8. The minimum Gasteiger partial charge on any atom is -0.345 e. The highest BCUT2D eigenvalue weighted by atomic mass is 16.2. The van der Waals surface area contributed by atoms with Crippen LogP contribution in [0.15, 0.2) is 24.3 Å². The number of nitriles is 1. The number of hydrogen-bond donors (Lipinski definition) is 3. The largest absolute Gasteiger partial charge is 0.345 e. The van der Waals surface area contributed by atoms with Crippen molar-refractivity contribution >= 4 is 29.3 Å². The van der Waals surface area contributed by atoms with Gasteiger partial charge in [-0.15, -0.1) is 0 Å². The summed E-state index contributed by atoms with van der Waals surface area (Å²) in [5.74, 6) is -2.29. The number of anilines is 1. The highest BCUT2D eigenvalue weighted by Gasteiger charge is 2.56. The molecule has 1 aromatic carbocycles. The number of fused-ring (bicyclic) bond motifs is 2. The van der Waals surface area contributed by atoms with Gasteiger partial charge in [0.1, 0.15) is 12.1 Å². The van der Waals surface area contributed by atoms with Crippen LogP contribution < -0.4 is 16.0 Å². The van der Waals surface area contributed by atoms with Crippen LogP contribution in [0.2, 0.25) is 0 Å². The van der Waals surface area contributed by atoms with Crippen LogP contribution in [0, 0.1) is 16.7 Å². The van der Waals surface area contributed by atoms with Crippen molar-refractivity contribution in [3.8, 4) is 6.07 Å². The fourth-order valence-corrected chi connectivity index (χ4v) is 5.54. The predicted molar refractivity (Wildman–Crippen MR) is 129 cm³/mol. The minimum absolute atomic E-state index is 0.0209. The van der Waals surface area contributed by atoms with Gasteiger partial charge in [-0.25, -0.2) is 0 Å². The molecule has 9 heteroatoms. The highest BCUT2D eigenvalue weighted by Crippen LogP contribution is 2.46. The molecule has 186 valence electrons. The maximum Gasteiger partial charge on any atom is 0.309 e. The molecule has 1 spiro atoms. The van der Waals surface area contributed by atoms with Crippen molar-refractivity contribution in [2.24, 2.45) is 5.41 Å². The average Bonchev–Trinajstić information content (AvgIpc) is 3.51. The molecule has 0 bridgehead atoms. The summed E-state index contributed by atoms with van der Waals surface area (Å²) in [5, 5.41) is 18.1. The van der Waals surface area contributed by atoms with E-state index in [0.29, 0.717) is 5.69 Å². The Morgan fingerprint density at radius 2 is 1.89 bits per heavy atom. The van der Waals surface area contributed by atoms with Crippen LogP contribution in [-0.2, 0) is 24.6 Å².